The maximum absolute atomic E-state index is 13.2. The molecule has 1 rings (SSSR count). The first kappa shape index (κ1) is 12.4. The van der Waals surface area contributed by atoms with Gasteiger partial charge in [-0.3, -0.25) is 4.79 Å². The van der Waals surface area contributed by atoms with Crippen LogP contribution in [0, 0.1) is 23.4 Å². The molecule has 2 N–H and O–H groups in total. The molecule has 0 aliphatic heterocycles. The van der Waals surface area contributed by atoms with E-state index in [9.17, 15) is 18.0 Å². The number of phenolic OH excluding ortho intramolecular Hbond substituents is 1. The van der Waals surface area contributed by atoms with Crippen LogP contribution in [0.2, 0.25) is 0 Å². The summed E-state index contributed by atoms with van der Waals surface area (Å²) in [4.78, 5) is 10.5. The molecule has 0 bridgehead atoms. The van der Waals surface area contributed by atoms with Gasteiger partial charge in [-0.1, -0.05) is 6.92 Å². The highest BCUT2D eigenvalue weighted by molar-refractivity contribution is 5.69. The fourth-order valence-electron chi connectivity index (χ4n) is 1.21. The fourth-order valence-corrected chi connectivity index (χ4v) is 1.21. The number of aliphatic carboxylic acids is 1. The van der Waals surface area contributed by atoms with Gasteiger partial charge in [0.1, 0.15) is 0 Å². The number of carboxylic acid groups (broad SMARTS) is 1. The van der Waals surface area contributed by atoms with Gasteiger partial charge in [-0.25, -0.2) is 8.78 Å². The number of aromatic hydroxyl groups is 1. The molecule has 0 aliphatic rings. The van der Waals surface area contributed by atoms with E-state index < -0.39 is 35.1 Å². The van der Waals surface area contributed by atoms with E-state index in [0.29, 0.717) is 6.07 Å². The normalized spacial score (nSPS) is 12.5. The zero-order chi connectivity index (χ0) is 12.5. The topological polar surface area (TPSA) is 57.5 Å². The molecule has 16 heavy (non-hydrogen) atoms. The van der Waals surface area contributed by atoms with E-state index in [1.807, 2.05) is 0 Å². The van der Waals surface area contributed by atoms with E-state index in [2.05, 4.69) is 0 Å². The Morgan fingerprint density at radius 2 is 1.94 bits per heavy atom. The van der Waals surface area contributed by atoms with Crippen LogP contribution in [0.5, 0.6) is 5.75 Å². The van der Waals surface area contributed by atoms with Crippen molar-refractivity contribution in [3.05, 3.63) is 29.1 Å². The first-order valence-corrected chi connectivity index (χ1v) is 4.42. The Morgan fingerprint density at radius 3 is 2.44 bits per heavy atom. The van der Waals surface area contributed by atoms with Crippen molar-refractivity contribution in [2.75, 3.05) is 0 Å². The Bertz CT molecular complexity index is 432. The molecule has 1 unspecified atom stereocenters. The molecule has 0 aromatic heterocycles. The maximum Gasteiger partial charge on any atom is 0.306 e. The predicted molar refractivity (Wildman–Crippen MR) is 48.5 cm³/mol. The van der Waals surface area contributed by atoms with Crippen LogP contribution in [0.15, 0.2) is 6.07 Å². The summed E-state index contributed by atoms with van der Waals surface area (Å²) in [5.74, 6) is -7.99. The minimum atomic E-state index is -1.68. The van der Waals surface area contributed by atoms with E-state index in [1.54, 1.807) is 0 Å². The molecule has 1 aromatic rings. The zero-order valence-corrected chi connectivity index (χ0v) is 8.30. The van der Waals surface area contributed by atoms with Crippen molar-refractivity contribution >= 4 is 5.97 Å². The largest absolute Gasteiger partial charge is 0.503 e. The van der Waals surface area contributed by atoms with Crippen LogP contribution in [0.4, 0.5) is 13.2 Å². The number of halogens is 3. The third-order valence-electron chi connectivity index (χ3n) is 2.16. The molecular weight excluding hydrogens is 225 g/mol. The second kappa shape index (κ2) is 4.42. The molecule has 6 heteroatoms. The minimum Gasteiger partial charge on any atom is -0.503 e. The van der Waals surface area contributed by atoms with Crippen LogP contribution < -0.4 is 0 Å². The summed E-state index contributed by atoms with van der Waals surface area (Å²) < 4.78 is 38.7. The van der Waals surface area contributed by atoms with E-state index in [-0.39, 0.29) is 12.0 Å². The molecule has 0 spiro atoms. The Kier molecular flexibility index (Phi) is 3.41. The van der Waals surface area contributed by atoms with Crippen LogP contribution >= 0.6 is 0 Å². The monoisotopic (exact) mass is 234 g/mol. The van der Waals surface area contributed by atoms with Crippen LogP contribution in [0.25, 0.3) is 0 Å². The van der Waals surface area contributed by atoms with Crippen molar-refractivity contribution in [1.29, 1.82) is 0 Å². The lowest BCUT2D eigenvalue weighted by atomic mass is 10.0. The molecule has 0 aliphatic carbocycles. The van der Waals surface area contributed by atoms with E-state index >= 15 is 0 Å². The fraction of sp³-hybridized carbons (Fsp3) is 0.300. The first-order chi connectivity index (χ1) is 7.34. The van der Waals surface area contributed by atoms with Crippen molar-refractivity contribution in [2.45, 2.75) is 13.3 Å². The predicted octanol–water partition coefficient (Wildman–Crippen LogP) is 2.07. The highest BCUT2D eigenvalue weighted by atomic mass is 19.2. The average Bonchev–Trinajstić information content (AvgIpc) is 2.22. The molecule has 0 fully saturated rings. The van der Waals surface area contributed by atoms with Crippen LogP contribution in [-0.4, -0.2) is 16.2 Å². The van der Waals surface area contributed by atoms with Gasteiger partial charge in [-0.2, -0.15) is 4.39 Å². The molecule has 1 atom stereocenters. The van der Waals surface area contributed by atoms with Gasteiger partial charge in [0.15, 0.2) is 17.4 Å². The zero-order valence-electron chi connectivity index (χ0n) is 8.30. The molecule has 0 amide bonds. The van der Waals surface area contributed by atoms with Gasteiger partial charge in [0.05, 0.1) is 5.92 Å². The second-order valence-corrected chi connectivity index (χ2v) is 3.44. The molecule has 0 heterocycles. The van der Waals surface area contributed by atoms with Crippen molar-refractivity contribution in [1.82, 2.24) is 0 Å². The number of rotatable bonds is 3. The molecule has 88 valence electrons. The molecular formula is C10H9F3O3. The molecule has 0 radical (unpaired) electrons. The lowest BCUT2D eigenvalue weighted by Crippen LogP contribution is -2.13. The van der Waals surface area contributed by atoms with Crippen molar-refractivity contribution < 1.29 is 28.2 Å². The summed E-state index contributed by atoms with van der Waals surface area (Å²) in [6.45, 7) is 1.29. The van der Waals surface area contributed by atoms with Gasteiger partial charge in [-0.15, -0.1) is 0 Å². The lowest BCUT2D eigenvalue weighted by molar-refractivity contribution is -0.141. The SMILES string of the molecule is CC(Cc1cc(F)c(F)c(O)c1F)C(=O)O. The highest BCUT2D eigenvalue weighted by Gasteiger charge is 2.21. The summed E-state index contributed by atoms with van der Waals surface area (Å²) in [5, 5.41) is 17.5. The molecule has 0 saturated carbocycles. The highest BCUT2D eigenvalue weighted by Crippen LogP contribution is 2.27. The van der Waals surface area contributed by atoms with Gasteiger partial charge in [0, 0.05) is 0 Å². The second-order valence-electron chi connectivity index (χ2n) is 3.44. The number of phenols is 1. The standard InChI is InChI=1S/C10H9F3O3/c1-4(10(15)16)2-5-3-6(11)8(13)9(14)7(5)12/h3-4,14H,2H2,1H3,(H,15,16). The van der Waals surface area contributed by atoms with Gasteiger partial charge >= 0.3 is 5.97 Å². The van der Waals surface area contributed by atoms with Crippen LogP contribution in [0.3, 0.4) is 0 Å². The molecule has 1 aromatic carbocycles. The summed E-state index contributed by atoms with van der Waals surface area (Å²) in [6, 6.07) is 0.545. The van der Waals surface area contributed by atoms with Crippen LogP contribution in [0.1, 0.15) is 12.5 Å². The maximum atomic E-state index is 13.2. The number of hydrogen-bond acceptors (Lipinski definition) is 2. The summed E-state index contributed by atoms with van der Waals surface area (Å²) in [7, 11) is 0. The van der Waals surface area contributed by atoms with Crippen molar-refractivity contribution in [2.24, 2.45) is 5.92 Å². The van der Waals surface area contributed by atoms with Crippen molar-refractivity contribution in [3.63, 3.8) is 0 Å². The number of benzene rings is 1. The molecule has 3 nitrogen and oxygen atoms in total. The first-order valence-electron chi connectivity index (χ1n) is 4.42. The molecule has 0 saturated heterocycles. The number of carboxylic acids is 1. The smallest absolute Gasteiger partial charge is 0.306 e. The summed E-state index contributed by atoms with van der Waals surface area (Å²) in [5.41, 5.74) is -0.369. The van der Waals surface area contributed by atoms with Gasteiger partial charge in [-0.05, 0) is 18.1 Å². The Hall–Kier alpha value is -1.72. The third kappa shape index (κ3) is 2.26. The Morgan fingerprint density at radius 1 is 1.38 bits per heavy atom. The van der Waals surface area contributed by atoms with E-state index in [0.717, 1.165) is 0 Å². The third-order valence-corrected chi connectivity index (χ3v) is 2.16. The van der Waals surface area contributed by atoms with Gasteiger partial charge in [0.2, 0.25) is 5.82 Å². The minimum absolute atomic E-state index is 0.327. The quantitative estimate of drug-likeness (QED) is 0.787. The van der Waals surface area contributed by atoms with E-state index in [1.165, 1.54) is 6.92 Å². The van der Waals surface area contributed by atoms with Crippen LogP contribution in [-0.2, 0) is 11.2 Å². The van der Waals surface area contributed by atoms with Gasteiger partial charge < -0.3 is 10.2 Å². The summed E-state index contributed by atoms with van der Waals surface area (Å²) in [6.07, 6.45) is -0.327. The number of carbonyl (C=O) groups is 1. The number of hydrogen-bond donors (Lipinski definition) is 2. The Balaban J connectivity index is 3.11. The summed E-state index contributed by atoms with van der Waals surface area (Å²) >= 11 is 0. The Labute approximate surface area is 89.1 Å². The average molecular weight is 234 g/mol. The van der Waals surface area contributed by atoms with E-state index in [4.69, 9.17) is 10.2 Å². The lowest BCUT2D eigenvalue weighted by Gasteiger charge is -2.09. The van der Waals surface area contributed by atoms with Gasteiger partial charge in [0.25, 0.3) is 0 Å². The van der Waals surface area contributed by atoms with Crippen molar-refractivity contribution in [3.8, 4) is 5.75 Å².